The van der Waals surface area contributed by atoms with Crippen LogP contribution in [-0.2, 0) is 22.6 Å². The van der Waals surface area contributed by atoms with Crippen LogP contribution < -0.4 is 10.2 Å². The van der Waals surface area contributed by atoms with Crippen LogP contribution >= 0.6 is 11.3 Å². The number of nitrogens with one attached hydrogen (secondary N) is 1. The lowest BCUT2D eigenvalue weighted by Crippen LogP contribution is -2.21. The van der Waals surface area contributed by atoms with Gasteiger partial charge in [-0.15, -0.1) is 11.3 Å². The fraction of sp³-hybridized carbons (Fsp3) is 0.786. The van der Waals surface area contributed by atoms with Gasteiger partial charge in [0, 0.05) is 38.7 Å². The fourth-order valence-corrected chi connectivity index (χ4v) is 3.43. The van der Waals surface area contributed by atoms with Gasteiger partial charge in [-0.3, -0.25) is 0 Å². The van der Waals surface area contributed by atoms with Gasteiger partial charge in [-0.1, -0.05) is 6.92 Å². The van der Waals surface area contributed by atoms with E-state index < -0.39 is 0 Å². The van der Waals surface area contributed by atoms with E-state index in [2.05, 4.69) is 17.1 Å². The second-order valence-corrected chi connectivity index (χ2v) is 6.13. The molecule has 0 radical (unpaired) electrons. The van der Waals surface area contributed by atoms with Crippen molar-refractivity contribution in [1.82, 2.24) is 10.3 Å². The minimum Gasteiger partial charge on any atom is -0.380 e. The molecule has 1 saturated heterocycles. The number of anilines is 1. The summed E-state index contributed by atoms with van der Waals surface area (Å²) in [5, 5.41) is 4.55. The van der Waals surface area contributed by atoms with Gasteiger partial charge in [0.1, 0.15) is 0 Å². The Morgan fingerprint density at radius 3 is 2.95 bits per heavy atom. The Labute approximate surface area is 125 Å². The summed E-state index contributed by atoms with van der Waals surface area (Å²) in [6.07, 6.45) is 2.57. The van der Waals surface area contributed by atoms with Crippen LogP contribution in [0.25, 0.3) is 0 Å². The molecule has 1 aliphatic rings. The zero-order chi connectivity index (χ0) is 14.4. The molecule has 2 rings (SSSR count). The highest BCUT2D eigenvalue weighted by atomic mass is 32.1. The van der Waals surface area contributed by atoms with Gasteiger partial charge in [-0.25, -0.2) is 4.98 Å². The third-order valence-corrected chi connectivity index (χ3v) is 4.67. The van der Waals surface area contributed by atoms with Crippen LogP contribution in [0.2, 0.25) is 0 Å². The van der Waals surface area contributed by atoms with Gasteiger partial charge in [0.15, 0.2) is 5.13 Å². The third kappa shape index (κ3) is 3.91. The van der Waals surface area contributed by atoms with Crippen molar-refractivity contribution in [3.05, 3.63) is 10.6 Å². The molecule has 0 bridgehead atoms. The van der Waals surface area contributed by atoms with E-state index in [4.69, 9.17) is 14.5 Å². The number of nitrogens with zero attached hydrogens (tertiary/aromatic N) is 2. The van der Waals surface area contributed by atoms with Gasteiger partial charge in [0.2, 0.25) is 0 Å². The highest BCUT2D eigenvalue weighted by Gasteiger charge is 2.25. The second kappa shape index (κ2) is 7.93. The molecule has 5 nitrogen and oxygen atoms in total. The largest absolute Gasteiger partial charge is 0.380 e. The highest BCUT2D eigenvalue weighted by Crippen LogP contribution is 2.30. The average molecular weight is 299 g/mol. The van der Waals surface area contributed by atoms with Gasteiger partial charge in [0.25, 0.3) is 0 Å². The van der Waals surface area contributed by atoms with Gasteiger partial charge in [0.05, 0.1) is 18.4 Å². The minimum absolute atomic E-state index is 0.339. The Kier molecular flexibility index (Phi) is 6.22. The lowest BCUT2D eigenvalue weighted by molar-refractivity contribution is 0.121. The van der Waals surface area contributed by atoms with Crippen molar-refractivity contribution in [3.63, 3.8) is 0 Å². The molecule has 0 spiro atoms. The summed E-state index contributed by atoms with van der Waals surface area (Å²) in [6.45, 7) is 6.65. The molecule has 114 valence electrons. The van der Waals surface area contributed by atoms with E-state index in [1.54, 1.807) is 25.6 Å². The Morgan fingerprint density at radius 1 is 1.45 bits per heavy atom. The molecular weight excluding hydrogens is 274 g/mol. The Hall–Kier alpha value is -0.690. The summed E-state index contributed by atoms with van der Waals surface area (Å²) in [7, 11) is 3.51. The molecule has 1 aromatic heterocycles. The number of methoxy groups -OCH3 is 2. The highest BCUT2D eigenvalue weighted by molar-refractivity contribution is 7.15. The SMILES string of the molecule is CCCNCc1sc(N2CCC(OC)C2)nc1COC. The number of thiazole rings is 1. The van der Waals surface area contributed by atoms with Crippen molar-refractivity contribution in [2.75, 3.05) is 38.8 Å². The van der Waals surface area contributed by atoms with Gasteiger partial charge in [-0.2, -0.15) is 0 Å². The number of ether oxygens (including phenoxy) is 2. The fourth-order valence-electron chi connectivity index (χ4n) is 2.37. The van der Waals surface area contributed by atoms with Crippen molar-refractivity contribution < 1.29 is 9.47 Å². The summed E-state index contributed by atoms with van der Waals surface area (Å²) in [4.78, 5) is 8.36. The van der Waals surface area contributed by atoms with E-state index in [0.29, 0.717) is 12.7 Å². The summed E-state index contributed by atoms with van der Waals surface area (Å²) in [6, 6.07) is 0. The van der Waals surface area contributed by atoms with Crippen molar-refractivity contribution in [1.29, 1.82) is 0 Å². The molecule has 1 unspecified atom stereocenters. The van der Waals surface area contributed by atoms with Gasteiger partial charge >= 0.3 is 0 Å². The summed E-state index contributed by atoms with van der Waals surface area (Å²) in [5.41, 5.74) is 1.07. The summed E-state index contributed by atoms with van der Waals surface area (Å²) >= 11 is 1.78. The summed E-state index contributed by atoms with van der Waals surface area (Å²) in [5.74, 6) is 0. The molecule has 1 aromatic rings. The van der Waals surface area contributed by atoms with E-state index >= 15 is 0 Å². The Balaban J connectivity index is 2.04. The molecule has 1 atom stereocenters. The van der Waals surface area contributed by atoms with Crippen LogP contribution in [-0.4, -0.2) is 44.9 Å². The number of rotatable bonds is 8. The van der Waals surface area contributed by atoms with Crippen LogP contribution in [0.4, 0.5) is 5.13 Å². The zero-order valence-corrected chi connectivity index (χ0v) is 13.5. The van der Waals surface area contributed by atoms with Crippen molar-refractivity contribution in [2.45, 2.75) is 39.0 Å². The second-order valence-electron chi connectivity index (χ2n) is 5.07. The Bertz CT molecular complexity index is 411. The first-order chi connectivity index (χ1) is 9.78. The van der Waals surface area contributed by atoms with E-state index in [9.17, 15) is 0 Å². The smallest absolute Gasteiger partial charge is 0.186 e. The maximum Gasteiger partial charge on any atom is 0.186 e. The quantitative estimate of drug-likeness (QED) is 0.744. The number of hydrogen-bond donors (Lipinski definition) is 1. The van der Waals surface area contributed by atoms with E-state index in [1.807, 2.05) is 0 Å². The molecule has 2 heterocycles. The predicted molar refractivity (Wildman–Crippen MR) is 82.5 cm³/mol. The first-order valence-electron chi connectivity index (χ1n) is 7.24. The van der Waals surface area contributed by atoms with E-state index in [0.717, 1.165) is 49.8 Å². The molecule has 1 aliphatic heterocycles. The molecule has 1 N–H and O–H groups in total. The van der Waals surface area contributed by atoms with Crippen LogP contribution in [0.5, 0.6) is 0 Å². The zero-order valence-electron chi connectivity index (χ0n) is 12.6. The third-order valence-electron chi connectivity index (χ3n) is 3.51. The predicted octanol–water partition coefficient (Wildman–Crippen LogP) is 2.01. The lowest BCUT2D eigenvalue weighted by Gasteiger charge is -2.13. The maximum absolute atomic E-state index is 5.43. The van der Waals surface area contributed by atoms with Crippen LogP contribution in [0, 0.1) is 0 Å². The molecule has 0 aliphatic carbocycles. The van der Waals surface area contributed by atoms with Crippen molar-refractivity contribution in [2.24, 2.45) is 0 Å². The standard InChI is InChI=1S/C14H25N3O2S/c1-4-6-15-8-13-12(10-18-2)16-14(20-13)17-7-5-11(9-17)19-3/h11,15H,4-10H2,1-3H3. The molecule has 20 heavy (non-hydrogen) atoms. The summed E-state index contributed by atoms with van der Waals surface area (Å²) < 4.78 is 10.7. The van der Waals surface area contributed by atoms with E-state index in [1.165, 1.54) is 4.88 Å². The molecule has 0 aromatic carbocycles. The monoisotopic (exact) mass is 299 g/mol. The van der Waals surface area contributed by atoms with Crippen molar-refractivity contribution in [3.8, 4) is 0 Å². The molecular formula is C14H25N3O2S. The van der Waals surface area contributed by atoms with Crippen molar-refractivity contribution >= 4 is 16.5 Å². The topological polar surface area (TPSA) is 46.6 Å². The molecule has 0 amide bonds. The maximum atomic E-state index is 5.43. The van der Waals surface area contributed by atoms with Crippen LogP contribution in [0.1, 0.15) is 30.3 Å². The lowest BCUT2D eigenvalue weighted by atomic mass is 10.3. The van der Waals surface area contributed by atoms with Crippen LogP contribution in [0.3, 0.4) is 0 Å². The average Bonchev–Trinajstić information content (AvgIpc) is 3.06. The van der Waals surface area contributed by atoms with Crippen LogP contribution in [0.15, 0.2) is 0 Å². The number of aromatic nitrogens is 1. The van der Waals surface area contributed by atoms with Gasteiger partial charge < -0.3 is 19.7 Å². The minimum atomic E-state index is 0.339. The molecule has 1 fully saturated rings. The molecule has 0 saturated carbocycles. The normalized spacial score (nSPS) is 18.9. The molecule has 6 heteroatoms. The first kappa shape index (κ1) is 15.7. The Morgan fingerprint density at radius 2 is 2.30 bits per heavy atom. The number of hydrogen-bond acceptors (Lipinski definition) is 6. The van der Waals surface area contributed by atoms with Gasteiger partial charge in [-0.05, 0) is 19.4 Å². The first-order valence-corrected chi connectivity index (χ1v) is 8.06. The van der Waals surface area contributed by atoms with E-state index in [-0.39, 0.29) is 0 Å².